The third-order valence-electron chi connectivity index (χ3n) is 3.77. The van der Waals surface area contributed by atoms with Gasteiger partial charge in [-0.05, 0) is 29.1 Å². The number of carbonyl (C=O) groups excluding carboxylic acids is 1. The average Bonchev–Trinajstić information content (AvgIpc) is 2.99. The number of carbonyl (C=O) groups is 1. The van der Waals surface area contributed by atoms with E-state index in [4.69, 9.17) is 27.9 Å². The summed E-state index contributed by atoms with van der Waals surface area (Å²) in [7, 11) is 0. The summed E-state index contributed by atoms with van der Waals surface area (Å²) in [5.41, 5.74) is 1.51. The van der Waals surface area contributed by atoms with Gasteiger partial charge in [0.25, 0.3) is 5.52 Å². The molecule has 7 nitrogen and oxygen atoms in total. The monoisotopic (exact) mass is 388 g/mol. The van der Waals surface area contributed by atoms with Crippen LogP contribution in [0.3, 0.4) is 0 Å². The molecule has 0 radical (unpaired) electrons. The number of esters is 1. The Hall–Kier alpha value is -2.90. The molecule has 130 valence electrons. The SMILES string of the molecule is O=C(Cc1cnn2c1n[n+]([O-])c1ccc(Cl)cc12)Oc1ccccc1Cl. The number of nitrogens with zero attached hydrogens (tertiary/aromatic N) is 4. The van der Waals surface area contributed by atoms with Gasteiger partial charge in [-0.1, -0.05) is 35.3 Å². The molecular formula is C17H10Cl2N4O3. The number of hydrogen-bond donors (Lipinski definition) is 0. The van der Waals surface area contributed by atoms with E-state index in [0.29, 0.717) is 31.5 Å². The van der Waals surface area contributed by atoms with E-state index in [1.807, 2.05) is 0 Å². The lowest BCUT2D eigenvalue weighted by Gasteiger charge is -2.05. The van der Waals surface area contributed by atoms with Gasteiger partial charge in [-0.15, -0.1) is 0 Å². The summed E-state index contributed by atoms with van der Waals surface area (Å²) in [6, 6.07) is 11.4. The van der Waals surface area contributed by atoms with Crippen molar-refractivity contribution in [1.29, 1.82) is 0 Å². The van der Waals surface area contributed by atoms with Crippen LogP contribution in [0.1, 0.15) is 5.56 Å². The highest BCUT2D eigenvalue weighted by molar-refractivity contribution is 6.32. The predicted molar refractivity (Wildman–Crippen MR) is 95.3 cm³/mol. The first-order valence-electron chi connectivity index (χ1n) is 7.54. The van der Waals surface area contributed by atoms with Crippen molar-refractivity contribution in [2.24, 2.45) is 0 Å². The second kappa shape index (κ2) is 6.44. The molecule has 26 heavy (non-hydrogen) atoms. The highest BCUT2D eigenvalue weighted by Gasteiger charge is 2.19. The Morgan fingerprint density at radius 1 is 1.23 bits per heavy atom. The summed E-state index contributed by atoms with van der Waals surface area (Å²) in [4.78, 5) is 12.7. The Balaban J connectivity index is 1.70. The Kier molecular flexibility index (Phi) is 4.10. The van der Waals surface area contributed by atoms with E-state index in [1.54, 1.807) is 42.5 Å². The van der Waals surface area contributed by atoms with E-state index in [1.165, 1.54) is 10.7 Å². The molecule has 0 saturated heterocycles. The van der Waals surface area contributed by atoms with E-state index in [2.05, 4.69) is 10.2 Å². The molecule has 0 unspecified atom stereocenters. The van der Waals surface area contributed by atoms with Gasteiger partial charge in [0.2, 0.25) is 5.65 Å². The second-order valence-corrected chi connectivity index (χ2v) is 6.34. The Bertz CT molecular complexity index is 1160. The van der Waals surface area contributed by atoms with Crippen molar-refractivity contribution in [3.05, 3.63) is 69.5 Å². The molecule has 4 aromatic rings. The topological polar surface area (TPSA) is 83.4 Å². The van der Waals surface area contributed by atoms with Crippen LogP contribution in [0.25, 0.3) is 16.7 Å². The fraction of sp³-hybridized carbons (Fsp3) is 0.0588. The van der Waals surface area contributed by atoms with Crippen LogP contribution < -0.4 is 9.58 Å². The Morgan fingerprint density at radius 3 is 2.85 bits per heavy atom. The first-order chi connectivity index (χ1) is 12.5. The van der Waals surface area contributed by atoms with Gasteiger partial charge in [-0.3, -0.25) is 4.79 Å². The third kappa shape index (κ3) is 2.91. The van der Waals surface area contributed by atoms with Gasteiger partial charge in [0.15, 0.2) is 0 Å². The maximum absolute atomic E-state index is 12.2. The molecule has 9 heteroatoms. The number of rotatable bonds is 3. The van der Waals surface area contributed by atoms with E-state index in [0.717, 1.165) is 0 Å². The predicted octanol–water partition coefficient (Wildman–Crippen LogP) is 2.97. The standard InChI is InChI=1S/C17H10Cl2N4O3/c18-11-5-6-13-14(8-11)22-17(21-23(13)25)10(9-20-22)7-16(24)26-15-4-2-1-3-12(15)19/h1-6,8-9H,7H2. The van der Waals surface area contributed by atoms with Gasteiger partial charge < -0.3 is 9.94 Å². The molecular weight excluding hydrogens is 379 g/mol. The summed E-state index contributed by atoms with van der Waals surface area (Å²) in [6.45, 7) is 0. The summed E-state index contributed by atoms with van der Waals surface area (Å²) in [6.07, 6.45) is 1.35. The quantitative estimate of drug-likeness (QED) is 0.233. The number of para-hydroxylation sites is 1. The van der Waals surface area contributed by atoms with Crippen molar-refractivity contribution < 1.29 is 14.4 Å². The summed E-state index contributed by atoms with van der Waals surface area (Å²) in [5.74, 6) is -0.279. The molecule has 2 aromatic heterocycles. The third-order valence-corrected chi connectivity index (χ3v) is 4.32. The second-order valence-electron chi connectivity index (χ2n) is 5.49. The molecule has 2 aromatic carbocycles. The van der Waals surface area contributed by atoms with Crippen LogP contribution in [0.2, 0.25) is 10.0 Å². The lowest BCUT2D eigenvalue weighted by Crippen LogP contribution is -2.33. The van der Waals surface area contributed by atoms with Gasteiger partial charge >= 0.3 is 5.97 Å². The lowest BCUT2D eigenvalue weighted by atomic mass is 10.2. The summed E-state index contributed by atoms with van der Waals surface area (Å²) in [5, 5.41) is 21.1. The number of ether oxygens (including phenoxy) is 1. The number of fused-ring (bicyclic) bond motifs is 3. The first kappa shape index (κ1) is 16.6. The van der Waals surface area contributed by atoms with Crippen molar-refractivity contribution in [2.45, 2.75) is 6.42 Å². The molecule has 0 atom stereocenters. The van der Waals surface area contributed by atoms with Gasteiger partial charge in [0.1, 0.15) is 11.3 Å². The Labute approximate surface area is 156 Å². The Morgan fingerprint density at radius 2 is 2.04 bits per heavy atom. The van der Waals surface area contributed by atoms with Crippen molar-refractivity contribution in [3.8, 4) is 5.75 Å². The molecule has 4 rings (SSSR count). The van der Waals surface area contributed by atoms with Gasteiger partial charge in [-0.25, -0.2) is 4.52 Å². The van der Waals surface area contributed by atoms with E-state index >= 15 is 0 Å². The fourth-order valence-electron chi connectivity index (χ4n) is 2.59. The first-order valence-corrected chi connectivity index (χ1v) is 8.29. The van der Waals surface area contributed by atoms with Gasteiger partial charge in [-0.2, -0.15) is 5.10 Å². The van der Waals surface area contributed by atoms with Crippen LogP contribution in [0.5, 0.6) is 5.75 Å². The highest BCUT2D eigenvalue weighted by atomic mass is 35.5. The van der Waals surface area contributed by atoms with Crippen LogP contribution in [0, 0.1) is 5.21 Å². The molecule has 0 bridgehead atoms. The van der Waals surface area contributed by atoms with Gasteiger partial charge in [0, 0.05) is 21.8 Å². The van der Waals surface area contributed by atoms with Crippen LogP contribution in [0.15, 0.2) is 48.7 Å². The van der Waals surface area contributed by atoms with Crippen molar-refractivity contribution in [1.82, 2.24) is 14.7 Å². The minimum Gasteiger partial charge on any atom is -0.594 e. The highest BCUT2D eigenvalue weighted by Crippen LogP contribution is 2.24. The molecule has 0 spiro atoms. The van der Waals surface area contributed by atoms with Crippen LogP contribution >= 0.6 is 23.2 Å². The molecule has 0 aliphatic rings. The molecule has 0 amide bonds. The number of halogens is 2. The molecule has 2 heterocycles. The van der Waals surface area contributed by atoms with Crippen molar-refractivity contribution >= 4 is 45.9 Å². The zero-order chi connectivity index (χ0) is 18.3. The molecule has 0 saturated carbocycles. The molecule has 0 fully saturated rings. The van der Waals surface area contributed by atoms with Crippen LogP contribution in [-0.4, -0.2) is 20.7 Å². The van der Waals surface area contributed by atoms with Crippen LogP contribution in [-0.2, 0) is 11.2 Å². The summed E-state index contributed by atoms with van der Waals surface area (Å²) >= 11 is 12.0. The molecule has 0 aliphatic carbocycles. The zero-order valence-corrected chi connectivity index (χ0v) is 14.6. The molecule has 0 aliphatic heterocycles. The minimum absolute atomic E-state index is 0.117. The summed E-state index contributed by atoms with van der Waals surface area (Å²) < 4.78 is 6.73. The van der Waals surface area contributed by atoms with Crippen molar-refractivity contribution in [3.63, 3.8) is 0 Å². The largest absolute Gasteiger partial charge is 0.594 e. The average molecular weight is 389 g/mol. The van der Waals surface area contributed by atoms with E-state index in [-0.39, 0.29) is 17.8 Å². The smallest absolute Gasteiger partial charge is 0.315 e. The minimum atomic E-state index is -0.543. The van der Waals surface area contributed by atoms with E-state index in [9.17, 15) is 10.0 Å². The number of aromatic nitrogens is 4. The van der Waals surface area contributed by atoms with Crippen molar-refractivity contribution in [2.75, 3.05) is 0 Å². The number of hydrogen-bond acceptors (Lipinski definition) is 5. The normalized spacial score (nSPS) is 11.2. The van der Waals surface area contributed by atoms with E-state index < -0.39 is 5.97 Å². The maximum atomic E-state index is 12.2. The number of benzene rings is 2. The maximum Gasteiger partial charge on any atom is 0.315 e. The molecule has 0 N–H and O–H groups in total. The van der Waals surface area contributed by atoms with Gasteiger partial charge in [0.05, 0.1) is 17.6 Å². The van der Waals surface area contributed by atoms with Crippen LogP contribution in [0.4, 0.5) is 0 Å². The fourth-order valence-corrected chi connectivity index (χ4v) is 2.93. The zero-order valence-electron chi connectivity index (χ0n) is 13.1. The lowest BCUT2D eigenvalue weighted by molar-refractivity contribution is -0.640.